The number of alkyl halides is 1. The van der Waals surface area contributed by atoms with Gasteiger partial charge in [-0.05, 0) is 0 Å². The van der Waals surface area contributed by atoms with E-state index >= 15 is 0 Å². The van der Waals surface area contributed by atoms with Gasteiger partial charge >= 0.3 is 12.1 Å². The minimum absolute atomic E-state index is 0.101. The number of rotatable bonds is 3. The van der Waals surface area contributed by atoms with Crippen molar-refractivity contribution in [1.29, 1.82) is 0 Å². The predicted octanol–water partition coefficient (Wildman–Crippen LogP) is 0.728. The summed E-state index contributed by atoms with van der Waals surface area (Å²) >= 11 is 12.3. The van der Waals surface area contributed by atoms with Gasteiger partial charge < -0.3 is 15.2 Å². The molecule has 0 aliphatic carbocycles. The van der Waals surface area contributed by atoms with E-state index in [4.69, 9.17) is 28.3 Å². The van der Waals surface area contributed by atoms with Gasteiger partial charge in [0.15, 0.2) is 6.07 Å². The molecular formula is C9H8Cl2N2O5S. The first-order valence-electron chi connectivity index (χ1n) is 5.03. The lowest BCUT2D eigenvalue weighted by molar-refractivity contribution is -0.148. The van der Waals surface area contributed by atoms with Crippen molar-refractivity contribution in [1.82, 2.24) is 10.2 Å². The number of alkyl carbamates (subject to hydrolysis) is 1. The van der Waals surface area contributed by atoms with Gasteiger partial charge in [-0.2, -0.15) is 0 Å². The fraction of sp³-hybridized carbons (Fsp3) is 0.444. The van der Waals surface area contributed by atoms with E-state index < -0.39 is 29.4 Å². The third-order valence-corrected chi connectivity index (χ3v) is 4.44. The Kier molecular flexibility index (Phi) is 4.12. The van der Waals surface area contributed by atoms with Crippen LogP contribution in [-0.4, -0.2) is 51.2 Å². The molecule has 2 aliphatic heterocycles. The van der Waals surface area contributed by atoms with Crippen molar-refractivity contribution in [2.45, 2.75) is 11.4 Å². The first-order valence-corrected chi connectivity index (χ1v) is 6.99. The molecule has 1 unspecified atom stereocenters. The second-order valence-electron chi connectivity index (χ2n) is 3.63. The molecule has 0 saturated carbocycles. The first kappa shape index (κ1) is 14.3. The number of β-lactam (4-membered cyclic amide) rings is 1. The summed E-state index contributed by atoms with van der Waals surface area (Å²) in [5.74, 6) is -1.55. The number of hydrogen-bond acceptors (Lipinski definition) is 5. The molecule has 2 amide bonds. The number of aliphatic carboxylic acids is 1. The second-order valence-corrected chi connectivity index (χ2v) is 5.41. The average Bonchev–Trinajstić information content (AvgIpc) is 2.35. The molecule has 2 rings (SSSR count). The van der Waals surface area contributed by atoms with Crippen molar-refractivity contribution in [2.24, 2.45) is 0 Å². The molecule has 0 spiro atoms. The van der Waals surface area contributed by atoms with Gasteiger partial charge in [0.25, 0.3) is 5.91 Å². The highest BCUT2D eigenvalue weighted by Crippen LogP contribution is 2.41. The van der Waals surface area contributed by atoms with Crippen molar-refractivity contribution in [3.05, 3.63) is 10.7 Å². The molecule has 10 heteroatoms. The van der Waals surface area contributed by atoms with Crippen LogP contribution in [-0.2, 0) is 14.3 Å². The number of thioether (sulfide) groups is 1. The number of carboxylic acids is 1. The van der Waals surface area contributed by atoms with Crippen LogP contribution in [0.1, 0.15) is 0 Å². The van der Waals surface area contributed by atoms with Gasteiger partial charge in [-0.15, -0.1) is 11.8 Å². The Labute approximate surface area is 121 Å². The van der Waals surface area contributed by atoms with Crippen LogP contribution in [0, 0.1) is 0 Å². The Balaban J connectivity index is 2.11. The highest BCUT2D eigenvalue weighted by atomic mass is 35.5. The van der Waals surface area contributed by atoms with Crippen molar-refractivity contribution in [3.63, 3.8) is 0 Å². The van der Waals surface area contributed by atoms with Crippen molar-refractivity contribution in [3.8, 4) is 0 Å². The molecule has 0 radical (unpaired) electrons. The molecule has 2 aliphatic rings. The molecule has 2 heterocycles. The van der Waals surface area contributed by atoms with Crippen LogP contribution in [0.3, 0.4) is 0 Å². The van der Waals surface area contributed by atoms with E-state index in [0.717, 1.165) is 4.90 Å². The van der Waals surface area contributed by atoms with Gasteiger partial charge in [0, 0.05) is 5.75 Å². The third-order valence-electron chi connectivity index (χ3n) is 2.58. The lowest BCUT2D eigenvalue weighted by Crippen LogP contribution is -2.70. The standard InChI is InChI=1S/C9H8Cl2N2O5S/c10-2-18-9(17)12-4-6(14)13-5(8(15)16)3(11)1-19-7(4)13/h4,7H,1-2H2,(H,12,17)(H,15,16)/t4?,7-/m0/s1. The number of nitrogens with zero attached hydrogens (tertiary/aromatic N) is 1. The number of carbonyl (C=O) groups is 3. The monoisotopic (exact) mass is 326 g/mol. The zero-order valence-electron chi connectivity index (χ0n) is 9.26. The van der Waals surface area contributed by atoms with Crippen LogP contribution in [0.25, 0.3) is 0 Å². The number of carboxylic acid groups (broad SMARTS) is 1. The van der Waals surface area contributed by atoms with E-state index in [1.54, 1.807) is 0 Å². The summed E-state index contributed by atoms with van der Waals surface area (Å²) in [6, 6.07) is -1.17. The maximum absolute atomic E-state index is 11.8. The number of amides is 2. The SMILES string of the molecule is O=C(NC1C(=O)N2C(C(=O)O)=C(Cl)CS[C@@H]12)OCCl. The Morgan fingerprint density at radius 3 is 2.84 bits per heavy atom. The van der Waals surface area contributed by atoms with Crippen LogP contribution >= 0.6 is 35.0 Å². The predicted molar refractivity (Wildman–Crippen MR) is 67.7 cm³/mol. The van der Waals surface area contributed by atoms with Crippen LogP contribution in [0.2, 0.25) is 0 Å². The van der Waals surface area contributed by atoms with Gasteiger partial charge in [-0.1, -0.05) is 23.2 Å². The fourth-order valence-electron chi connectivity index (χ4n) is 1.80. The molecule has 2 atom stereocenters. The molecule has 1 fully saturated rings. The van der Waals surface area contributed by atoms with Crippen LogP contribution < -0.4 is 5.32 Å². The minimum Gasteiger partial charge on any atom is -0.477 e. The smallest absolute Gasteiger partial charge is 0.409 e. The van der Waals surface area contributed by atoms with Crippen LogP contribution in [0.5, 0.6) is 0 Å². The zero-order chi connectivity index (χ0) is 14.2. The maximum Gasteiger partial charge on any atom is 0.409 e. The third kappa shape index (κ3) is 2.47. The number of halogens is 2. The molecular weight excluding hydrogens is 319 g/mol. The molecule has 1 saturated heterocycles. The number of hydrogen-bond donors (Lipinski definition) is 2. The zero-order valence-corrected chi connectivity index (χ0v) is 11.6. The minimum atomic E-state index is -1.27. The van der Waals surface area contributed by atoms with E-state index in [1.807, 2.05) is 0 Å². The summed E-state index contributed by atoms with van der Waals surface area (Å²) in [4.78, 5) is 35.2. The number of ether oxygens (including phenoxy) is 1. The van der Waals surface area contributed by atoms with Gasteiger partial charge in [0.2, 0.25) is 0 Å². The van der Waals surface area contributed by atoms with Gasteiger partial charge in [-0.25, -0.2) is 9.59 Å². The van der Waals surface area contributed by atoms with Crippen molar-refractivity contribution < 1.29 is 24.2 Å². The summed E-state index contributed by atoms with van der Waals surface area (Å²) in [5.41, 5.74) is -0.237. The van der Waals surface area contributed by atoms with Crippen LogP contribution in [0.4, 0.5) is 4.79 Å². The Morgan fingerprint density at radius 1 is 1.58 bits per heavy atom. The Bertz CT molecular complexity index is 483. The molecule has 2 N–H and O–H groups in total. The maximum atomic E-state index is 11.8. The Hall–Kier alpha value is -1.12. The highest BCUT2D eigenvalue weighted by Gasteiger charge is 2.54. The molecule has 0 aromatic carbocycles. The number of fused-ring (bicyclic) bond motifs is 1. The van der Waals surface area contributed by atoms with E-state index in [0.29, 0.717) is 0 Å². The Morgan fingerprint density at radius 2 is 2.26 bits per heavy atom. The molecule has 7 nitrogen and oxygen atoms in total. The average molecular weight is 327 g/mol. The quantitative estimate of drug-likeness (QED) is 0.586. The summed E-state index contributed by atoms with van der Waals surface area (Å²) in [5, 5.41) is 11.0. The normalized spacial score (nSPS) is 25.6. The summed E-state index contributed by atoms with van der Waals surface area (Å²) in [6.07, 6.45) is -0.828. The van der Waals surface area contributed by atoms with Crippen molar-refractivity contribution in [2.75, 3.05) is 11.8 Å². The van der Waals surface area contributed by atoms with E-state index in [1.165, 1.54) is 11.8 Å². The van der Waals surface area contributed by atoms with Crippen molar-refractivity contribution >= 4 is 52.9 Å². The van der Waals surface area contributed by atoms with Gasteiger partial charge in [0.05, 0.1) is 5.03 Å². The number of carbonyl (C=O) groups excluding carboxylic acids is 2. The lowest BCUT2D eigenvalue weighted by atomic mass is 10.1. The van der Waals surface area contributed by atoms with E-state index in [2.05, 4.69) is 10.1 Å². The van der Waals surface area contributed by atoms with Gasteiger partial charge in [0.1, 0.15) is 17.1 Å². The fourth-order valence-corrected chi connectivity index (χ4v) is 3.45. The van der Waals surface area contributed by atoms with E-state index in [9.17, 15) is 14.4 Å². The molecule has 0 aromatic heterocycles. The highest BCUT2D eigenvalue weighted by molar-refractivity contribution is 8.00. The summed E-state index contributed by atoms with van der Waals surface area (Å²) in [6.45, 7) is 0. The topological polar surface area (TPSA) is 95.9 Å². The largest absolute Gasteiger partial charge is 0.477 e. The van der Waals surface area contributed by atoms with E-state index in [-0.39, 0.29) is 22.5 Å². The lowest BCUT2D eigenvalue weighted by Gasteiger charge is -2.48. The number of nitrogens with one attached hydrogen (secondary N) is 1. The van der Waals surface area contributed by atoms with Crippen LogP contribution in [0.15, 0.2) is 10.7 Å². The summed E-state index contributed by atoms with van der Waals surface area (Å²) < 4.78 is 4.45. The second kappa shape index (κ2) is 5.48. The summed E-state index contributed by atoms with van der Waals surface area (Å²) in [7, 11) is 0. The van der Waals surface area contributed by atoms with Gasteiger partial charge in [-0.3, -0.25) is 9.69 Å². The first-order chi connectivity index (χ1) is 8.97. The molecule has 104 valence electrons. The molecule has 19 heavy (non-hydrogen) atoms. The molecule has 0 aromatic rings. The molecule has 0 bridgehead atoms.